The molecule has 1 aliphatic heterocycles. The second kappa shape index (κ2) is 9.40. The number of fused-ring (bicyclic) bond motifs is 1. The average molecular weight is 471 g/mol. The van der Waals surface area contributed by atoms with E-state index in [1.807, 2.05) is 0 Å². The number of aryl methyl sites for hydroxylation is 1. The minimum atomic E-state index is -4.50. The van der Waals surface area contributed by atoms with Crippen molar-refractivity contribution in [1.82, 2.24) is 15.3 Å². The summed E-state index contributed by atoms with van der Waals surface area (Å²) in [5, 5.41) is 5.61. The van der Waals surface area contributed by atoms with Crippen LogP contribution in [-0.2, 0) is 23.8 Å². The molecule has 174 valence electrons. The third kappa shape index (κ3) is 5.01. The highest BCUT2D eigenvalue weighted by atomic mass is 35.5. The number of nitrogen functional groups attached to an aromatic ring is 1. The number of halogens is 4. The number of anilines is 4. The summed E-state index contributed by atoms with van der Waals surface area (Å²) in [6.07, 6.45) is -0.233. The molecule has 1 aromatic heterocycles. The van der Waals surface area contributed by atoms with Gasteiger partial charge >= 0.3 is 6.18 Å². The molecule has 4 N–H and O–H groups in total. The van der Waals surface area contributed by atoms with Crippen LogP contribution in [0, 0.1) is 5.92 Å². The Morgan fingerprint density at radius 2 is 1.97 bits per heavy atom. The number of aromatic nitrogens is 2. The van der Waals surface area contributed by atoms with Gasteiger partial charge < -0.3 is 21.3 Å². The molecule has 0 spiro atoms. The van der Waals surface area contributed by atoms with Crippen LogP contribution in [0.1, 0.15) is 36.1 Å². The molecule has 11 heteroatoms. The van der Waals surface area contributed by atoms with E-state index in [1.54, 1.807) is 7.05 Å². The minimum absolute atomic E-state index is 0. The Bertz CT molecular complexity index is 1000. The molecule has 1 saturated heterocycles. The summed E-state index contributed by atoms with van der Waals surface area (Å²) >= 11 is 0. The van der Waals surface area contributed by atoms with Crippen molar-refractivity contribution in [1.29, 1.82) is 0 Å². The quantitative estimate of drug-likeness (QED) is 0.590. The van der Waals surface area contributed by atoms with Crippen molar-refractivity contribution >= 4 is 41.5 Å². The van der Waals surface area contributed by atoms with E-state index in [9.17, 15) is 18.0 Å². The Morgan fingerprint density at radius 3 is 2.69 bits per heavy atom. The number of nitrogens with two attached hydrogens (primary N) is 1. The van der Waals surface area contributed by atoms with Gasteiger partial charge in [-0.05, 0) is 50.3 Å². The van der Waals surface area contributed by atoms with Gasteiger partial charge in [0.1, 0.15) is 5.82 Å². The van der Waals surface area contributed by atoms with Gasteiger partial charge in [-0.15, -0.1) is 12.4 Å². The summed E-state index contributed by atoms with van der Waals surface area (Å²) in [4.78, 5) is 23.4. The topological polar surface area (TPSA) is 96.2 Å². The van der Waals surface area contributed by atoms with E-state index in [2.05, 4.69) is 25.5 Å². The van der Waals surface area contributed by atoms with Gasteiger partial charge in [0.2, 0.25) is 11.9 Å². The minimum Gasteiger partial charge on any atom is -0.399 e. The monoisotopic (exact) mass is 470 g/mol. The molecule has 0 saturated carbocycles. The van der Waals surface area contributed by atoms with Crippen LogP contribution in [0.15, 0.2) is 18.2 Å². The molecule has 2 aliphatic rings. The molecule has 2 aromatic rings. The third-order valence-corrected chi connectivity index (χ3v) is 5.79. The Kier molecular flexibility index (Phi) is 7.02. The van der Waals surface area contributed by atoms with Crippen molar-refractivity contribution < 1.29 is 18.0 Å². The number of benzene rings is 1. The number of alkyl halides is 3. The Hall–Kier alpha value is -2.75. The predicted octanol–water partition coefficient (Wildman–Crippen LogP) is 3.69. The molecule has 1 aliphatic carbocycles. The summed E-state index contributed by atoms with van der Waals surface area (Å²) in [6, 6.07) is 3.32. The molecule has 32 heavy (non-hydrogen) atoms. The fourth-order valence-corrected chi connectivity index (χ4v) is 4.33. The van der Waals surface area contributed by atoms with Gasteiger partial charge in [-0.25, -0.2) is 4.98 Å². The van der Waals surface area contributed by atoms with Crippen LogP contribution in [0.4, 0.5) is 36.3 Å². The Labute approximate surface area is 190 Å². The van der Waals surface area contributed by atoms with E-state index >= 15 is 0 Å². The van der Waals surface area contributed by atoms with Gasteiger partial charge in [-0.1, -0.05) is 0 Å². The number of piperidine rings is 1. The molecule has 7 nitrogen and oxygen atoms in total. The lowest BCUT2D eigenvalue weighted by Crippen LogP contribution is -2.43. The van der Waals surface area contributed by atoms with Crippen molar-refractivity contribution in [3.8, 4) is 0 Å². The lowest BCUT2D eigenvalue weighted by Gasteiger charge is -2.34. The van der Waals surface area contributed by atoms with Crippen LogP contribution >= 0.6 is 12.4 Å². The first-order chi connectivity index (χ1) is 14.7. The first-order valence-electron chi connectivity index (χ1n) is 10.4. The summed E-state index contributed by atoms with van der Waals surface area (Å²) in [5.74, 6) is 0.883. The van der Waals surface area contributed by atoms with Crippen LogP contribution in [0.2, 0.25) is 0 Å². The number of amides is 1. The standard InChI is InChI=1S/C21H25F3N6O.ClH/c1-26-19(31)12-4-3-7-30(11-12)18-16-5-2-6-17(16)28-20(29-18)27-15-9-13(21(22,23)24)8-14(25)10-15;/h8-10,12H,2-7,11,25H2,1H3,(H,26,31)(H,27,28,29);1H. The summed E-state index contributed by atoms with van der Waals surface area (Å²) in [5.41, 5.74) is 6.99. The van der Waals surface area contributed by atoms with Gasteiger partial charge in [0.05, 0.1) is 17.2 Å². The number of nitrogens with zero attached hydrogens (tertiary/aromatic N) is 3. The molecular weight excluding hydrogens is 445 g/mol. The maximum atomic E-state index is 13.2. The summed E-state index contributed by atoms with van der Waals surface area (Å²) in [6.45, 7) is 1.33. The van der Waals surface area contributed by atoms with Crippen molar-refractivity contribution in [2.75, 3.05) is 36.1 Å². The SMILES string of the molecule is CNC(=O)C1CCCN(c2nc(Nc3cc(N)cc(C(F)(F)F)c3)nc3c2CCC3)C1.Cl. The fraction of sp³-hybridized carbons (Fsp3) is 0.476. The summed E-state index contributed by atoms with van der Waals surface area (Å²) < 4.78 is 39.5. The van der Waals surface area contributed by atoms with Crippen LogP contribution in [0.3, 0.4) is 0 Å². The number of nitrogens with one attached hydrogen (secondary N) is 2. The molecular formula is C21H26ClF3N6O. The molecule has 2 heterocycles. The number of carbonyl (C=O) groups excluding carboxylic acids is 1. The lowest BCUT2D eigenvalue weighted by molar-refractivity contribution is -0.137. The number of hydrogen-bond acceptors (Lipinski definition) is 6. The first kappa shape index (κ1) is 23.9. The van der Waals surface area contributed by atoms with E-state index in [1.165, 1.54) is 6.07 Å². The maximum absolute atomic E-state index is 13.2. The molecule has 1 atom stereocenters. The molecule has 1 fully saturated rings. The van der Waals surface area contributed by atoms with Crippen LogP contribution in [0.25, 0.3) is 0 Å². The largest absolute Gasteiger partial charge is 0.416 e. The zero-order chi connectivity index (χ0) is 22.2. The highest BCUT2D eigenvalue weighted by Gasteiger charge is 2.32. The van der Waals surface area contributed by atoms with Crippen LogP contribution < -0.4 is 21.3 Å². The Balaban J connectivity index is 0.00000289. The summed E-state index contributed by atoms with van der Waals surface area (Å²) in [7, 11) is 1.63. The van der Waals surface area contributed by atoms with Crippen LogP contribution in [-0.4, -0.2) is 36.0 Å². The smallest absolute Gasteiger partial charge is 0.399 e. The number of carbonyl (C=O) groups is 1. The fourth-order valence-electron chi connectivity index (χ4n) is 4.33. The molecule has 1 amide bonds. The van der Waals surface area contributed by atoms with Gasteiger partial charge in [0, 0.05) is 37.1 Å². The van der Waals surface area contributed by atoms with Gasteiger partial charge in [0.15, 0.2) is 0 Å². The normalized spacial score (nSPS) is 18.0. The van der Waals surface area contributed by atoms with Crippen LogP contribution in [0.5, 0.6) is 0 Å². The zero-order valence-corrected chi connectivity index (χ0v) is 18.4. The van der Waals surface area contributed by atoms with E-state index < -0.39 is 11.7 Å². The van der Waals surface area contributed by atoms with E-state index in [0.717, 1.165) is 67.9 Å². The highest BCUT2D eigenvalue weighted by molar-refractivity contribution is 5.85. The zero-order valence-electron chi connectivity index (χ0n) is 17.6. The second-order valence-corrected chi connectivity index (χ2v) is 8.02. The predicted molar refractivity (Wildman–Crippen MR) is 119 cm³/mol. The highest BCUT2D eigenvalue weighted by Crippen LogP contribution is 2.35. The molecule has 4 rings (SSSR count). The lowest BCUT2D eigenvalue weighted by atomic mass is 9.97. The van der Waals surface area contributed by atoms with Crippen molar-refractivity contribution in [2.24, 2.45) is 5.92 Å². The molecule has 1 aromatic carbocycles. The van der Waals surface area contributed by atoms with E-state index in [4.69, 9.17) is 5.73 Å². The van der Waals surface area contributed by atoms with Crippen molar-refractivity contribution in [2.45, 2.75) is 38.3 Å². The molecule has 0 bridgehead atoms. The van der Waals surface area contributed by atoms with Crippen molar-refractivity contribution in [3.05, 3.63) is 35.0 Å². The van der Waals surface area contributed by atoms with Gasteiger partial charge in [-0.3, -0.25) is 4.79 Å². The number of rotatable bonds is 4. The van der Waals surface area contributed by atoms with E-state index in [-0.39, 0.29) is 41.6 Å². The maximum Gasteiger partial charge on any atom is 0.416 e. The van der Waals surface area contributed by atoms with Gasteiger partial charge in [0.25, 0.3) is 0 Å². The second-order valence-electron chi connectivity index (χ2n) is 8.02. The average Bonchev–Trinajstić information content (AvgIpc) is 3.20. The molecule has 0 radical (unpaired) electrons. The number of hydrogen-bond donors (Lipinski definition) is 3. The van der Waals surface area contributed by atoms with Crippen molar-refractivity contribution in [3.63, 3.8) is 0 Å². The van der Waals surface area contributed by atoms with Gasteiger partial charge in [-0.2, -0.15) is 18.2 Å². The molecule has 1 unspecified atom stereocenters. The first-order valence-corrected chi connectivity index (χ1v) is 10.4. The van der Waals surface area contributed by atoms with E-state index in [0.29, 0.717) is 6.54 Å². The Morgan fingerprint density at radius 1 is 1.19 bits per heavy atom. The third-order valence-electron chi connectivity index (χ3n) is 5.79.